The summed E-state index contributed by atoms with van der Waals surface area (Å²) in [5.41, 5.74) is 0.802. The van der Waals surface area contributed by atoms with E-state index in [1.54, 1.807) is 0 Å². The van der Waals surface area contributed by atoms with E-state index in [4.69, 9.17) is 0 Å². The van der Waals surface area contributed by atoms with Crippen molar-refractivity contribution in [3.63, 3.8) is 0 Å². The summed E-state index contributed by atoms with van der Waals surface area (Å²) >= 11 is 3.36. The van der Waals surface area contributed by atoms with Gasteiger partial charge in [-0.3, -0.25) is 4.79 Å². The number of rotatable bonds is 4. The Morgan fingerprint density at radius 1 is 1.37 bits per heavy atom. The second-order valence-corrected chi connectivity index (χ2v) is 6.27. The minimum Gasteiger partial charge on any atom is -0.481 e. The second kappa shape index (κ2) is 6.06. The SMILES string of the molecule is CCC1CC(C(=O)O)C(C(O)c2ccc(Br)cc2)C1. The van der Waals surface area contributed by atoms with E-state index in [1.807, 2.05) is 24.3 Å². The molecule has 4 unspecified atom stereocenters. The molecule has 4 atom stereocenters. The molecule has 0 aliphatic heterocycles. The first-order chi connectivity index (χ1) is 9.02. The molecule has 1 aliphatic carbocycles. The number of hydrogen-bond acceptors (Lipinski definition) is 2. The normalized spacial score (nSPS) is 28.3. The fourth-order valence-corrected chi connectivity index (χ4v) is 3.32. The Morgan fingerprint density at radius 2 is 2.00 bits per heavy atom. The summed E-state index contributed by atoms with van der Waals surface area (Å²) in [5.74, 6) is -0.972. The van der Waals surface area contributed by atoms with Crippen molar-refractivity contribution in [2.24, 2.45) is 17.8 Å². The summed E-state index contributed by atoms with van der Waals surface area (Å²) in [6.45, 7) is 2.08. The average Bonchev–Trinajstić information content (AvgIpc) is 2.83. The molecule has 0 aromatic heterocycles. The third-order valence-electron chi connectivity index (χ3n) is 4.22. The number of hydrogen-bond donors (Lipinski definition) is 2. The fraction of sp³-hybridized carbons (Fsp3) is 0.533. The zero-order chi connectivity index (χ0) is 14.0. The van der Waals surface area contributed by atoms with E-state index >= 15 is 0 Å². The Kier molecular flexibility index (Phi) is 4.63. The molecule has 0 heterocycles. The minimum atomic E-state index is -0.780. The van der Waals surface area contributed by atoms with Crippen molar-refractivity contribution in [3.8, 4) is 0 Å². The molecular weight excluding hydrogens is 308 g/mol. The molecule has 3 nitrogen and oxygen atoms in total. The topological polar surface area (TPSA) is 57.5 Å². The van der Waals surface area contributed by atoms with Gasteiger partial charge in [-0.1, -0.05) is 41.4 Å². The van der Waals surface area contributed by atoms with Gasteiger partial charge in [0.1, 0.15) is 0 Å². The highest BCUT2D eigenvalue weighted by Crippen LogP contribution is 2.44. The lowest BCUT2D eigenvalue weighted by Crippen LogP contribution is -2.23. The Balaban J connectivity index is 2.18. The van der Waals surface area contributed by atoms with Crippen LogP contribution in [0, 0.1) is 17.8 Å². The van der Waals surface area contributed by atoms with Gasteiger partial charge in [0.25, 0.3) is 0 Å². The highest BCUT2D eigenvalue weighted by Gasteiger charge is 2.42. The quantitative estimate of drug-likeness (QED) is 0.888. The van der Waals surface area contributed by atoms with Gasteiger partial charge in [0.05, 0.1) is 12.0 Å². The molecule has 2 N–H and O–H groups in total. The van der Waals surface area contributed by atoms with E-state index in [1.165, 1.54) is 0 Å². The Hall–Kier alpha value is -0.870. The average molecular weight is 327 g/mol. The van der Waals surface area contributed by atoms with Gasteiger partial charge in [-0.2, -0.15) is 0 Å². The van der Waals surface area contributed by atoms with Crippen LogP contribution in [0.1, 0.15) is 37.9 Å². The third-order valence-corrected chi connectivity index (χ3v) is 4.75. The predicted molar refractivity (Wildman–Crippen MR) is 76.7 cm³/mol. The standard InChI is InChI=1S/C15H19BrO3/c1-2-9-7-12(13(8-9)15(18)19)14(17)10-3-5-11(16)6-4-10/h3-6,9,12-14,17H,2,7-8H2,1H3,(H,18,19). The lowest BCUT2D eigenvalue weighted by Gasteiger charge is -2.22. The number of aliphatic hydroxyl groups is 1. The number of carbonyl (C=O) groups is 1. The van der Waals surface area contributed by atoms with Crippen LogP contribution in [0.2, 0.25) is 0 Å². The molecule has 2 rings (SSSR count). The van der Waals surface area contributed by atoms with E-state index in [-0.39, 0.29) is 5.92 Å². The molecule has 19 heavy (non-hydrogen) atoms. The van der Waals surface area contributed by atoms with Crippen LogP contribution in [-0.2, 0) is 4.79 Å². The third kappa shape index (κ3) is 3.18. The minimum absolute atomic E-state index is 0.177. The maximum Gasteiger partial charge on any atom is 0.306 e. The van der Waals surface area contributed by atoms with Crippen LogP contribution in [0.5, 0.6) is 0 Å². The van der Waals surface area contributed by atoms with Crippen molar-refractivity contribution in [3.05, 3.63) is 34.3 Å². The van der Waals surface area contributed by atoms with Crippen LogP contribution < -0.4 is 0 Å². The number of benzene rings is 1. The summed E-state index contributed by atoms with van der Waals surface area (Å²) < 4.78 is 0.955. The van der Waals surface area contributed by atoms with Gasteiger partial charge >= 0.3 is 5.97 Å². The van der Waals surface area contributed by atoms with E-state index < -0.39 is 18.0 Å². The molecule has 104 valence electrons. The number of aliphatic hydroxyl groups excluding tert-OH is 1. The maximum absolute atomic E-state index is 11.3. The summed E-state index contributed by atoms with van der Waals surface area (Å²) in [6.07, 6.45) is 1.77. The van der Waals surface area contributed by atoms with E-state index in [2.05, 4.69) is 22.9 Å². The van der Waals surface area contributed by atoms with Gasteiger partial charge in [0, 0.05) is 10.4 Å². The predicted octanol–water partition coefficient (Wildman–Crippen LogP) is 3.62. The van der Waals surface area contributed by atoms with Gasteiger partial charge in [-0.15, -0.1) is 0 Å². The highest BCUT2D eigenvalue weighted by atomic mass is 79.9. The summed E-state index contributed by atoms with van der Waals surface area (Å²) in [4.78, 5) is 11.3. The Labute approximate surface area is 121 Å². The van der Waals surface area contributed by atoms with Gasteiger partial charge in [-0.05, 0) is 36.5 Å². The number of aliphatic carboxylic acids is 1. The maximum atomic E-state index is 11.3. The van der Waals surface area contributed by atoms with Crippen LogP contribution in [0.3, 0.4) is 0 Å². The van der Waals surface area contributed by atoms with Crippen molar-refractivity contribution >= 4 is 21.9 Å². The van der Waals surface area contributed by atoms with Crippen molar-refractivity contribution in [2.75, 3.05) is 0 Å². The van der Waals surface area contributed by atoms with Crippen LogP contribution in [-0.4, -0.2) is 16.2 Å². The van der Waals surface area contributed by atoms with Crippen LogP contribution >= 0.6 is 15.9 Å². The molecular formula is C15H19BrO3. The van der Waals surface area contributed by atoms with E-state index in [9.17, 15) is 15.0 Å². The van der Waals surface area contributed by atoms with Crippen LogP contribution in [0.25, 0.3) is 0 Å². The lowest BCUT2D eigenvalue weighted by atomic mass is 9.87. The monoisotopic (exact) mass is 326 g/mol. The zero-order valence-corrected chi connectivity index (χ0v) is 12.5. The molecule has 0 bridgehead atoms. The van der Waals surface area contributed by atoms with Crippen LogP contribution in [0.15, 0.2) is 28.7 Å². The molecule has 0 radical (unpaired) electrons. The molecule has 0 saturated heterocycles. The molecule has 4 heteroatoms. The molecule has 1 aromatic carbocycles. The highest BCUT2D eigenvalue weighted by molar-refractivity contribution is 9.10. The summed E-state index contributed by atoms with van der Waals surface area (Å²) in [6, 6.07) is 7.46. The van der Waals surface area contributed by atoms with Gasteiger partial charge in [-0.25, -0.2) is 0 Å². The smallest absolute Gasteiger partial charge is 0.306 e. The first-order valence-electron chi connectivity index (χ1n) is 6.69. The van der Waals surface area contributed by atoms with Crippen molar-refractivity contribution in [2.45, 2.75) is 32.3 Å². The van der Waals surface area contributed by atoms with E-state index in [0.717, 1.165) is 22.9 Å². The van der Waals surface area contributed by atoms with Crippen molar-refractivity contribution in [1.82, 2.24) is 0 Å². The summed E-state index contributed by atoms with van der Waals surface area (Å²) in [5, 5.41) is 19.8. The molecule has 1 fully saturated rings. The molecule has 0 spiro atoms. The lowest BCUT2D eigenvalue weighted by molar-refractivity contribution is -0.144. The molecule has 1 aliphatic rings. The first kappa shape index (κ1) is 14.5. The zero-order valence-electron chi connectivity index (χ0n) is 10.9. The molecule has 0 amide bonds. The van der Waals surface area contributed by atoms with Crippen LogP contribution in [0.4, 0.5) is 0 Å². The van der Waals surface area contributed by atoms with E-state index in [0.29, 0.717) is 12.3 Å². The van der Waals surface area contributed by atoms with Gasteiger partial charge in [0.15, 0.2) is 0 Å². The number of halogens is 1. The van der Waals surface area contributed by atoms with Gasteiger partial charge in [0.2, 0.25) is 0 Å². The Morgan fingerprint density at radius 3 is 2.53 bits per heavy atom. The van der Waals surface area contributed by atoms with Crippen molar-refractivity contribution < 1.29 is 15.0 Å². The largest absolute Gasteiger partial charge is 0.481 e. The Bertz CT molecular complexity index is 443. The van der Waals surface area contributed by atoms with Gasteiger partial charge < -0.3 is 10.2 Å². The number of carboxylic acid groups (broad SMARTS) is 1. The first-order valence-corrected chi connectivity index (χ1v) is 7.48. The molecule has 1 saturated carbocycles. The fourth-order valence-electron chi connectivity index (χ4n) is 3.05. The number of carboxylic acids is 1. The summed E-state index contributed by atoms with van der Waals surface area (Å²) in [7, 11) is 0. The van der Waals surface area contributed by atoms with Crippen molar-refractivity contribution in [1.29, 1.82) is 0 Å². The molecule has 1 aromatic rings. The second-order valence-electron chi connectivity index (χ2n) is 5.35.